The number of rotatable bonds is 3. The summed E-state index contributed by atoms with van der Waals surface area (Å²) in [5, 5.41) is 4.00. The second kappa shape index (κ2) is 5.82. The molecule has 2 saturated heterocycles. The van der Waals surface area contributed by atoms with Crippen molar-refractivity contribution >= 4 is 0 Å². The van der Waals surface area contributed by atoms with Crippen molar-refractivity contribution in [3.63, 3.8) is 0 Å². The minimum Gasteiger partial charge on any atom is -0.381 e. The zero-order chi connectivity index (χ0) is 14.3. The highest BCUT2D eigenvalue weighted by Gasteiger charge is 2.43. The van der Waals surface area contributed by atoms with Crippen LogP contribution in [0.4, 0.5) is 0 Å². The lowest BCUT2D eigenvalue weighted by molar-refractivity contribution is -0.141. The van der Waals surface area contributed by atoms with E-state index in [0.29, 0.717) is 12.1 Å². The molecule has 2 aliphatic carbocycles. The fourth-order valence-electron chi connectivity index (χ4n) is 5.66. The Labute approximate surface area is 129 Å². The molecule has 4 rings (SSSR count). The highest BCUT2D eigenvalue weighted by Crippen LogP contribution is 2.49. The third-order valence-electron chi connectivity index (χ3n) is 6.83. The van der Waals surface area contributed by atoms with Crippen LogP contribution in [0.25, 0.3) is 0 Å². The molecule has 2 heterocycles. The first-order valence-corrected chi connectivity index (χ1v) is 9.22. The monoisotopic (exact) mass is 293 g/mol. The minimum absolute atomic E-state index is 0.128. The molecule has 4 aliphatic rings. The Morgan fingerprint density at radius 2 is 1.90 bits per heavy atom. The van der Waals surface area contributed by atoms with Gasteiger partial charge in [-0.25, -0.2) is 0 Å². The SMILES string of the molecule is CC(NC1CCOC2(CCOCC2)C1)C1CC2CCC1C2. The maximum absolute atomic E-state index is 6.17. The molecule has 2 aliphatic heterocycles. The number of fused-ring (bicyclic) bond motifs is 2. The topological polar surface area (TPSA) is 30.5 Å². The summed E-state index contributed by atoms with van der Waals surface area (Å²) < 4.78 is 11.7. The Morgan fingerprint density at radius 3 is 2.62 bits per heavy atom. The van der Waals surface area contributed by atoms with Crippen LogP contribution in [-0.4, -0.2) is 37.5 Å². The number of ether oxygens (including phenoxy) is 2. The van der Waals surface area contributed by atoms with Crippen LogP contribution in [-0.2, 0) is 9.47 Å². The Kier molecular flexibility index (Phi) is 4.01. The first-order chi connectivity index (χ1) is 10.2. The molecule has 0 aromatic heterocycles. The Balaban J connectivity index is 1.33. The number of hydrogen-bond donors (Lipinski definition) is 1. The fraction of sp³-hybridized carbons (Fsp3) is 1.00. The molecule has 1 spiro atoms. The summed E-state index contributed by atoms with van der Waals surface area (Å²) in [4.78, 5) is 0. The molecule has 0 amide bonds. The van der Waals surface area contributed by atoms with Crippen LogP contribution in [0.15, 0.2) is 0 Å². The lowest BCUT2D eigenvalue weighted by Crippen LogP contribution is -2.52. The van der Waals surface area contributed by atoms with E-state index >= 15 is 0 Å². The Bertz CT molecular complexity index is 361. The van der Waals surface area contributed by atoms with Crippen LogP contribution in [0.5, 0.6) is 0 Å². The van der Waals surface area contributed by atoms with E-state index < -0.39 is 0 Å². The predicted octanol–water partition coefficient (Wildman–Crippen LogP) is 3.13. The maximum Gasteiger partial charge on any atom is 0.0741 e. The number of nitrogens with one attached hydrogen (secondary N) is 1. The smallest absolute Gasteiger partial charge is 0.0741 e. The molecular formula is C18H31NO2. The van der Waals surface area contributed by atoms with E-state index in [1.807, 2.05) is 0 Å². The predicted molar refractivity (Wildman–Crippen MR) is 83.3 cm³/mol. The third kappa shape index (κ3) is 2.89. The van der Waals surface area contributed by atoms with E-state index in [9.17, 15) is 0 Å². The molecule has 3 heteroatoms. The van der Waals surface area contributed by atoms with Gasteiger partial charge in [-0.2, -0.15) is 0 Å². The average molecular weight is 293 g/mol. The van der Waals surface area contributed by atoms with Crippen molar-refractivity contribution in [3.8, 4) is 0 Å². The lowest BCUT2D eigenvalue weighted by atomic mass is 9.81. The first kappa shape index (κ1) is 14.5. The summed E-state index contributed by atoms with van der Waals surface area (Å²) in [5.74, 6) is 3.02. The first-order valence-electron chi connectivity index (χ1n) is 9.22. The lowest BCUT2D eigenvalue weighted by Gasteiger charge is -2.44. The molecule has 4 fully saturated rings. The van der Waals surface area contributed by atoms with E-state index in [1.165, 1.54) is 38.5 Å². The van der Waals surface area contributed by atoms with Crippen LogP contribution in [0.1, 0.15) is 58.3 Å². The average Bonchev–Trinajstić information content (AvgIpc) is 3.11. The van der Waals surface area contributed by atoms with Crippen molar-refractivity contribution in [1.29, 1.82) is 0 Å². The van der Waals surface area contributed by atoms with Crippen molar-refractivity contribution in [2.24, 2.45) is 17.8 Å². The summed E-state index contributed by atoms with van der Waals surface area (Å²) in [6, 6.07) is 1.35. The largest absolute Gasteiger partial charge is 0.381 e. The van der Waals surface area contributed by atoms with Crippen molar-refractivity contribution in [2.75, 3.05) is 19.8 Å². The maximum atomic E-state index is 6.17. The minimum atomic E-state index is 0.128. The zero-order valence-corrected chi connectivity index (χ0v) is 13.5. The third-order valence-corrected chi connectivity index (χ3v) is 6.83. The van der Waals surface area contributed by atoms with Crippen molar-refractivity contribution in [3.05, 3.63) is 0 Å². The van der Waals surface area contributed by atoms with Gasteiger partial charge in [-0.3, -0.25) is 0 Å². The van der Waals surface area contributed by atoms with Gasteiger partial charge in [0.25, 0.3) is 0 Å². The van der Waals surface area contributed by atoms with E-state index in [-0.39, 0.29) is 5.60 Å². The van der Waals surface area contributed by atoms with Gasteiger partial charge in [0.15, 0.2) is 0 Å². The standard InChI is InChI=1S/C18H31NO2/c1-13(17-11-14-2-3-15(17)10-14)19-16-4-7-21-18(12-16)5-8-20-9-6-18/h13-17,19H,2-12H2,1H3. The second-order valence-electron chi connectivity index (χ2n) is 8.13. The molecule has 1 N–H and O–H groups in total. The summed E-state index contributed by atoms with van der Waals surface area (Å²) in [6.45, 7) is 5.14. The zero-order valence-electron chi connectivity index (χ0n) is 13.5. The van der Waals surface area contributed by atoms with Gasteiger partial charge < -0.3 is 14.8 Å². The molecule has 0 radical (unpaired) electrons. The van der Waals surface area contributed by atoms with Crippen LogP contribution in [0.2, 0.25) is 0 Å². The molecule has 2 saturated carbocycles. The number of hydrogen-bond acceptors (Lipinski definition) is 3. The van der Waals surface area contributed by atoms with E-state index in [0.717, 1.165) is 50.4 Å². The van der Waals surface area contributed by atoms with E-state index in [2.05, 4.69) is 12.2 Å². The van der Waals surface area contributed by atoms with Crippen LogP contribution < -0.4 is 5.32 Å². The summed E-state index contributed by atoms with van der Waals surface area (Å²) in [5.41, 5.74) is 0.128. The highest BCUT2D eigenvalue weighted by atomic mass is 16.5. The van der Waals surface area contributed by atoms with Gasteiger partial charge in [0.1, 0.15) is 0 Å². The van der Waals surface area contributed by atoms with E-state index in [1.54, 1.807) is 0 Å². The Morgan fingerprint density at radius 1 is 1.05 bits per heavy atom. The van der Waals surface area contributed by atoms with Gasteiger partial charge >= 0.3 is 0 Å². The molecule has 2 bridgehead atoms. The molecular weight excluding hydrogens is 262 g/mol. The molecule has 3 nitrogen and oxygen atoms in total. The highest BCUT2D eigenvalue weighted by molar-refractivity contribution is 4.97. The summed E-state index contributed by atoms with van der Waals surface area (Å²) in [7, 11) is 0. The Hall–Kier alpha value is -0.120. The molecule has 5 atom stereocenters. The van der Waals surface area contributed by atoms with Gasteiger partial charge in [-0.15, -0.1) is 0 Å². The van der Waals surface area contributed by atoms with Gasteiger partial charge in [0.2, 0.25) is 0 Å². The summed E-state index contributed by atoms with van der Waals surface area (Å²) in [6.07, 6.45) is 10.6. The quantitative estimate of drug-likeness (QED) is 0.867. The normalized spacial score (nSPS) is 43.3. The van der Waals surface area contributed by atoms with Crippen LogP contribution in [0.3, 0.4) is 0 Å². The van der Waals surface area contributed by atoms with Crippen molar-refractivity contribution in [2.45, 2.75) is 76.0 Å². The fourth-order valence-corrected chi connectivity index (χ4v) is 5.66. The van der Waals surface area contributed by atoms with E-state index in [4.69, 9.17) is 9.47 Å². The molecule has 0 aromatic carbocycles. The molecule has 120 valence electrons. The van der Waals surface area contributed by atoms with Gasteiger partial charge in [-0.1, -0.05) is 6.42 Å². The van der Waals surface area contributed by atoms with Gasteiger partial charge in [-0.05, 0) is 69.6 Å². The second-order valence-corrected chi connectivity index (χ2v) is 8.13. The summed E-state index contributed by atoms with van der Waals surface area (Å²) >= 11 is 0. The molecule has 0 aromatic rings. The molecule has 21 heavy (non-hydrogen) atoms. The van der Waals surface area contributed by atoms with Crippen molar-refractivity contribution in [1.82, 2.24) is 5.32 Å². The van der Waals surface area contributed by atoms with Crippen molar-refractivity contribution < 1.29 is 9.47 Å². The van der Waals surface area contributed by atoms with Gasteiger partial charge in [0, 0.05) is 31.9 Å². The van der Waals surface area contributed by atoms with Crippen LogP contribution >= 0.6 is 0 Å². The van der Waals surface area contributed by atoms with Crippen LogP contribution in [0, 0.1) is 17.8 Å². The molecule has 5 unspecified atom stereocenters. The van der Waals surface area contributed by atoms with Gasteiger partial charge in [0.05, 0.1) is 5.60 Å².